The summed E-state index contributed by atoms with van der Waals surface area (Å²) in [5, 5.41) is 3.00. The average Bonchev–Trinajstić information content (AvgIpc) is 2.63. The summed E-state index contributed by atoms with van der Waals surface area (Å²) in [6.45, 7) is 5.46. The van der Waals surface area contributed by atoms with Crippen LogP contribution in [0.25, 0.3) is 0 Å². The van der Waals surface area contributed by atoms with Crippen LogP contribution in [0, 0.1) is 6.92 Å². The Morgan fingerprint density at radius 3 is 2.40 bits per heavy atom. The topological polar surface area (TPSA) is 38.3 Å². The predicted molar refractivity (Wildman–Crippen MR) is 106 cm³/mol. The number of benzene rings is 2. The van der Waals surface area contributed by atoms with Crippen LogP contribution in [0.15, 0.2) is 48.5 Å². The second-order valence-corrected chi connectivity index (χ2v) is 7.07. The highest BCUT2D eigenvalue weighted by molar-refractivity contribution is 7.98. The van der Waals surface area contributed by atoms with Crippen molar-refractivity contribution in [3.05, 3.63) is 65.2 Å². The largest absolute Gasteiger partial charge is 0.494 e. The van der Waals surface area contributed by atoms with E-state index in [-0.39, 0.29) is 5.91 Å². The molecule has 4 heteroatoms. The van der Waals surface area contributed by atoms with Crippen LogP contribution in [0.4, 0.5) is 0 Å². The minimum atomic E-state index is 0.116. The fourth-order valence-electron chi connectivity index (χ4n) is 2.40. The van der Waals surface area contributed by atoms with Gasteiger partial charge in [0.1, 0.15) is 5.75 Å². The van der Waals surface area contributed by atoms with Gasteiger partial charge in [-0.05, 0) is 43.5 Å². The maximum atomic E-state index is 11.9. The zero-order valence-electron chi connectivity index (χ0n) is 15.1. The molecule has 2 aromatic rings. The highest BCUT2D eigenvalue weighted by Gasteiger charge is 2.02. The molecule has 2 rings (SSSR count). The summed E-state index contributed by atoms with van der Waals surface area (Å²) in [5.41, 5.74) is 3.78. The Balaban J connectivity index is 1.56. The number of nitrogens with one attached hydrogen (secondary N) is 1. The number of aryl methyl sites for hydroxylation is 2. The molecule has 0 aromatic heterocycles. The van der Waals surface area contributed by atoms with Crippen LogP contribution in [0.5, 0.6) is 5.75 Å². The molecule has 0 aliphatic carbocycles. The zero-order chi connectivity index (χ0) is 17.9. The molecule has 1 amide bonds. The summed E-state index contributed by atoms with van der Waals surface area (Å²) in [5.74, 6) is 2.91. The van der Waals surface area contributed by atoms with Crippen molar-refractivity contribution in [2.75, 3.05) is 18.9 Å². The molecule has 0 aliphatic heterocycles. The minimum absolute atomic E-state index is 0.116. The molecule has 1 N–H and O–H groups in total. The van der Waals surface area contributed by atoms with Gasteiger partial charge in [0.25, 0.3) is 0 Å². The molecule has 0 aliphatic rings. The van der Waals surface area contributed by atoms with Crippen molar-refractivity contribution in [1.82, 2.24) is 5.32 Å². The van der Waals surface area contributed by atoms with E-state index in [1.807, 2.05) is 43.0 Å². The normalized spacial score (nSPS) is 10.5. The summed E-state index contributed by atoms with van der Waals surface area (Å²) in [4.78, 5) is 11.9. The van der Waals surface area contributed by atoms with E-state index in [9.17, 15) is 4.79 Å². The van der Waals surface area contributed by atoms with Gasteiger partial charge in [-0.3, -0.25) is 4.79 Å². The fourth-order valence-corrected chi connectivity index (χ4v) is 3.22. The fraction of sp³-hybridized carbons (Fsp3) is 0.381. The smallest absolute Gasteiger partial charge is 0.220 e. The van der Waals surface area contributed by atoms with Crippen molar-refractivity contribution in [2.45, 2.75) is 32.4 Å². The molecular weight excluding hydrogens is 330 g/mol. The number of hydrogen-bond donors (Lipinski definition) is 1. The van der Waals surface area contributed by atoms with Crippen molar-refractivity contribution in [2.24, 2.45) is 0 Å². The summed E-state index contributed by atoms with van der Waals surface area (Å²) in [6, 6.07) is 16.6. The number of amides is 1. The van der Waals surface area contributed by atoms with Crippen molar-refractivity contribution >= 4 is 17.7 Å². The van der Waals surface area contributed by atoms with Crippen LogP contribution in [0.1, 0.15) is 30.0 Å². The molecule has 0 saturated carbocycles. The standard InChI is InChI=1S/C21H27NO2S/c1-3-24-20-11-8-18(9-12-20)10-13-21(23)22-14-15-25-16-19-6-4-17(2)5-7-19/h4-9,11-12H,3,10,13-16H2,1-2H3,(H,22,23). The molecule has 3 nitrogen and oxygen atoms in total. The Bertz CT molecular complexity index is 638. The first kappa shape index (κ1) is 19.4. The van der Waals surface area contributed by atoms with E-state index < -0.39 is 0 Å². The number of rotatable bonds is 10. The Morgan fingerprint density at radius 1 is 1.04 bits per heavy atom. The Labute approximate surface area is 155 Å². The molecule has 0 atom stereocenters. The van der Waals surface area contributed by atoms with Crippen molar-refractivity contribution in [3.8, 4) is 5.75 Å². The molecule has 0 unspecified atom stereocenters. The van der Waals surface area contributed by atoms with Crippen LogP contribution in [0.2, 0.25) is 0 Å². The number of carbonyl (C=O) groups is 1. The van der Waals surface area contributed by atoms with Crippen LogP contribution in [0.3, 0.4) is 0 Å². The third-order valence-corrected chi connectivity index (χ3v) is 4.86. The lowest BCUT2D eigenvalue weighted by atomic mass is 10.1. The van der Waals surface area contributed by atoms with Gasteiger partial charge in [-0.15, -0.1) is 0 Å². The third-order valence-electron chi connectivity index (χ3n) is 3.83. The molecule has 134 valence electrons. The van der Waals surface area contributed by atoms with Crippen molar-refractivity contribution in [3.63, 3.8) is 0 Å². The molecule has 2 aromatic carbocycles. The number of ether oxygens (including phenoxy) is 1. The molecule has 0 spiro atoms. The van der Waals surface area contributed by atoms with Crippen LogP contribution in [-0.4, -0.2) is 24.8 Å². The lowest BCUT2D eigenvalue weighted by molar-refractivity contribution is -0.120. The SMILES string of the molecule is CCOc1ccc(CCC(=O)NCCSCc2ccc(C)cc2)cc1. The first-order valence-corrected chi connectivity index (χ1v) is 9.94. The van der Waals surface area contributed by atoms with E-state index in [4.69, 9.17) is 4.74 Å². The van der Waals surface area contributed by atoms with Gasteiger partial charge in [0.05, 0.1) is 6.61 Å². The minimum Gasteiger partial charge on any atom is -0.494 e. The lowest BCUT2D eigenvalue weighted by Gasteiger charge is -2.07. The highest BCUT2D eigenvalue weighted by Crippen LogP contribution is 2.14. The van der Waals surface area contributed by atoms with Gasteiger partial charge in [0.15, 0.2) is 0 Å². The Hall–Kier alpha value is -1.94. The summed E-state index contributed by atoms with van der Waals surface area (Å²) >= 11 is 1.85. The summed E-state index contributed by atoms with van der Waals surface area (Å²) < 4.78 is 5.42. The summed E-state index contributed by atoms with van der Waals surface area (Å²) in [7, 11) is 0. The molecule has 0 heterocycles. The van der Waals surface area contributed by atoms with Gasteiger partial charge < -0.3 is 10.1 Å². The number of carbonyl (C=O) groups excluding carboxylic acids is 1. The summed E-state index contributed by atoms with van der Waals surface area (Å²) in [6.07, 6.45) is 1.28. The van der Waals surface area contributed by atoms with Gasteiger partial charge in [0, 0.05) is 24.5 Å². The van der Waals surface area contributed by atoms with Crippen molar-refractivity contribution in [1.29, 1.82) is 0 Å². The van der Waals surface area contributed by atoms with E-state index >= 15 is 0 Å². The first-order chi connectivity index (χ1) is 12.2. The number of thioether (sulfide) groups is 1. The molecule has 25 heavy (non-hydrogen) atoms. The first-order valence-electron chi connectivity index (χ1n) is 8.79. The van der Waals surface area contributed by atoms with E-state index in [1.54, 1.807) is 0 Å². The zero-order valence-corrected chi connectivity index (χ0v) is 15.9. The highest BCUT2D eigenvalue weighted by atomic mass is 32.2. The molecule has 0 bridgehead atoms. The van der Waals surface area contributed by atoms with Gasteiger partial charge in [-0.25, -0.2) is 0 Å². The number of hydrogen-bond acceptors (Lipinski definition) is 3. The second-order valence-electron chi connectivity index (χ2n) is 5.97. The van der Waals surface area contributed by atoms with Gasteiger partial charge in [-0.1, -0.05) is 42.0 Å². The predicted octanol–water partition coefficient (Wildman–Crippen LogP) is 4.38. The molecule has 0 saturated heterocycles. The van der Waals surface area contributed by atoms with Gasteiger partial charge in [-0.2, -0.15) is 11.8 Å². The van der Waals surface area contributed by atoms with Crippen molar-refractivity contribution < 1.29 is 9.53 Å². The van der Waals surface area contributed by atoms with Crippen LogP contribution in [-0.2, 0) is 17.0 Å². The van der Waals surface area contributed by atoms with Gasteiger partial charge >= 0.3 is 0 Å². The van der Waals surface area contributed by atoms with Crippen LogP contribution < -0.4 is 10.1 Å². The van der Waals surface area contributed by atoms with E-state index in [0.717, 1.165) is 35.8 Å². The van der Waals surface area contributed by atoms with Crippen LogP contribution >= 0.6 is 11.8 Å². The van der Waals surface area contributed by atoms with E-state index in [2.05, 4.69) is 36.5 Å². The van der Waals surface area contributed by atoms with Gasteiger partial charge in [0.2, 0.25) is 5.91 Å². The average molecular weight is 358 g/mol. The maximum absolute atomic E-state index is 11.9. The van der Waals surface area contributed by atoms with E-state index in [1.165, 1.54) is 11.1 Å². The van der Waals surface area contributed by atoms with E-state index in [0.29, 0.717) is 13.0 Å². The second kappa shape index (κ2) is 10.8. The maximum Gasteiger partial charge on any atom is 0.220 e. The molecular formula is C21H27NO2S. The Morgan fingerprint density at radius 2 is 1.72 bits per heavy atom. The Kier molecular flexibility index (Phi) is 8.40. The third kappa shape index (κ3) is 7.65. The monoisotopic (exact) mass is 357 g/mol. The lowest BCUT2D eigenvalue weighted by Crippen LogP contribution is -2.25. The quantitative estimate of drug-likeness (QED) is 0.642. The molecule has 0 fully saturated rings. The molecule has 0 radical (unpaired) electrons.